The number of amides is 1. The average molecular weight is 569 g/mol. The molecule has 7 nitrogen and oxygen atoms in total. The van der Waals surface area contributed by atoms with Crippen LogP contribution in [0, 0.1) is 0 Å². The molecule has 0 spiro atoms. The standard InChI is InChI=1S/C30H35Cl2N5O2/c1-39-27-7-5-22(6-8-27)21-35-11-9-26(10-12-35)36-13-15-37(16-14-36)29-28(32)18-24(20-33-29)30(38)34-19-23-3-2-4-25(31)17-23/h2-8,17-18,20,26H,9-16,19,21H2,1H3,(H,34,38). The summed E-state index contributed by atoms with van der Waals surface area (Å²) in [5, 5.41) is 4.06. The Morgan fingerprint density at radius 1 is 0.974 bits per heavy atom. The lowest BCUT2D eigenvalue weighted by molar-refractivity contribution is 0.0950. The first kappa shape index (κ1) is 27.7. The first-order chi connectivity index (χ1) is 19.0. The molecule has 5 rings (SSSR count). The predicted octanol–water partition coefficient (Wildman–Crippen LogP) is 5.11. The van der Waals surface area contributed by atoms with Gasteiger partial charge in [0.1, 0.15) is 11.6 Å². The molecule has 0 saturated carbocycles. The van der Waals surface area contributed by atoms with Crippen molar-refractivity contribution in [2.24, 2.45) is 0 Å². The van der Waals surface area contributed by atoms with Crippen molar-refractivity contribution in [3.8, 4) is 5.75 Å². The van der Waals surface area contributed by atoms with Crippen molar-refractivity contribution in [3.05, 3.63) is 87.5 Å². The van der Waals surface area contributed by atoms with E-state index >= 15 is 0 Å². The first-order valence-electron chi connectivity index (χ1n) is 13.5. The van der Waals surface area contributed by atoms with Crippen LogP contribution in [0.1, 0.15) is 34.3 Å². The smallest absolute Gasteiger partial charge is 0.253 e. The molecule has 0 radical (unpaired) electrons. The number of pyridine rings is 1. The quantitative estimate of drug-likeness (QED) is 0.408. The van der Waals surface area contributed by atoms with Crippen molar-refractivity contribution in [2.45, 2.75) is 32.0 Å². The van der Waals surface area contributed by atoms with Gasteiger partial charge in [-0.3, -0.25) is 14.6 Å². The minimum atomic E-state index is -0.209. The maximum absolute atomic E-state index is 12.6. The number of hydrogen-bond acceptors (Lipinski definition) is 6. The molecule has 206 valence electrons. The number of halogens is 2. The topological polar surface area (TPSA) is 60.9 Å². The Hall–Kier alpha value is -2.84. The van der Waals surface area contributed by atoms with E-state index in [1.165, 1.54) is 18.4 Å². The van der Waals surface area contributed by atoms with Gasteiger partial charge in [-0.1, -0.05) is 47.5 Å². The molecular formula is C30H35Cl2N5O2. The van der Waals surface area contributed by atoms with E-state index in [0.29, 0.717) is 28.2 Å². The summed E-state index contributed by atoms with van der Waals surface area (Å²) in [7, 11) is 1.70. The molecule has 3 heterocycles. The number of hydrogen-bond donors (Lipinski definition) is 1. The minimum Gasteiger partial charge on any atom is -0.497 e. The molecule has 2 saturated heterocycles. The highest BCUT2D eigenvalue weighted by atomic mass is 35.5. The lowest BCUT2D eigenvalue weighted by atomic mass is 10.0. The summed E-state index contributed by atoms with van der Waals surface area (Å²) in [5.74, 6) is 1.44. The fourth-order valence-electron chi connectivity index (χ4n) is 5.45. The van der Waals surface area contributed by atoms with E-state index in [-0.39, 0.29) is 5.91 Å². The van der Waals surface area contributed by atoms with Gasteiger partial charge in [0.15, 0.2) is 0 Å². The molecule has 0 unspecified atom stereocenters. The molecule has 1 N–H and O–H groups in total. The molecule has 1 amide bonds. The third kappa shape index (κ3) is 7.22. The fourth-order valence-corrected chi connectivity index (χ4v) is 5.95. The van der Waals surface area contributed by atoms with Gasteiger partial charge in [-0.25, -0.2) is 4.98 Å². The number of piperazine rings is 1. The van der Waals surface area contributed by atoms with Crippen LogP contribution in [0.3, 0.4) is 0 Å². The number of ether oxygens (including phenoxy) is 1. The van der Waals surface area contributed by atoms with Crippen LogP contribution in [-0.2, 0) is 13.1 Å². The molecule has 3 aromatic rings. The van der Waals surface area contributed by atoms with E-state index < -0.39 is 0 Å². The molecule has 39 heavy (non-hydrogen) atoms. The highest BCUT2D eigenvalue weighted by Gasteiger charge is 2.28. The number of piperidine rings is 1. The molecule has 2 aliphatic heterocycles. The van der Waals surface area contributed by atoms with Gasteiger partial charge in [0.25, 0.3) is 5.91 Å². The summed E-state index contributed by atoms with van der Waals surface area (Å²) in [6.45, 7) is 7.34. The van der Waals surface area contributed by atoms with Gasteiger partial charge in [0.05, 0.1) is 17.7 Å². The lowest BCUT2D eigenvalue weighted by Gasteiger charge is -2.43. The molecule has 2 fully saturated rings. The SMILES string of the molecule is COc1ccc(CN2CCC(N3CCN(c4ncc(C(=O)NCc5cccc(Cl)c5)cc4Cl)CC3)CC2)cc1. The summed E-state index contributed by atoms with van der Waals surface area (Å²) in [6, 6.07) is 18.1. The number of carbonyl (C=O) groups excluding carboxylic acids is 1. The van der Waals surface area contributed by atoms with Crippen LogP contribution < -0.4 is 15.0 Å². The monoisotopic (exact) mass is 567 g/mol. The normalized spacial score (nSPS) is 17.3. The molecule has 9 heteroatoms. The Kier molecular flexibility index (Phi) is 9.24. The second-order valence-electron chi connectivity index (χ2n) is 10.2. The Labute approximate surface area is 240 Å². The maximum Gasteiger partial charge on any atom is 0.253 e. The van der Waals surface area contributed by atoms with E-state index in [1.807, 2.05) is 36.4 Å². The maximum atomic E-state index is 12.6. The largest absolute Gasteiger partial charge is 0.497 e. The van der Waals surface area contributed by atoms with Crippen LogP contribution in [0.15, 0.2) is 60.8 Å². The van der Waals surface area contributed by atoms with Crippen LogP contribution in [0.25, 0.3) is 0 Å². The summed E-state index contributed by atoms with van der Waals surface area (Å²) in [4.78, 5) is 24.6. The van der Waals surface area contributed by atoms with E-state index in [4.69, 9.17) is 27.9 Å². The Balaban J connectivity index is 1.08. The van der Waals surface area contributed by atoms with Gasteiger partial charge < -0.3 is 15.0 Å². The molecule has 2 aromatic carbocycles. The summed E-state index contributed by atoms with van der Waals surface area (Å²) < 4.78 is 5.27. The molecule has 1 aromatic heterocycles. The Morgan fingerprint density at radius 3 is 2.38 bits per heavy atom. The highest BCUT2D eigenvalue weighted by Crippen LogP contribution is 2.27. The fraction of sp³-hybridized carbons (Fsp3) is 0.400. The zero-order valence-electron chi connectivity index (χ0n) is 22.3. The van der Waals surface area contributed by atoms with Crippen LogP contribution in [0.2, 0.25) is 10.0 Å². The molecule has 0 atom stereocenters. The van der Waals surface area contributed by atoms with E-state index in [9.17, 15) is 4.79 Å². The van der Waals surface area contributed by atoms with Crippen molar-refractivity contribution in [3.63, 3.8) is 0 Å². The number of aromatic nitrogens is 1. The Morgan fingerprint density at radius 2 is 1.72 bits per heavy atom. The van der Waals surface area contributed by atoms with Gasteiger partial charge >= 0.3 is 0 Å². The van der Waals surface area contributed by atoms with Crippen LogP contribution in [-0.4, -0.2) is 73.1 Å². The van der Waals surface area contributed by atoms with Crippen LogP contribution >= 0.6 is 23.2 Å². The van der Waals surface area contributed by atoms with Crippen molar-refractivity contribution in [1.82, 2.24) is 20.1 Å². The average Bonchev–Trinajstić information content (AvgIpc) is 2.97. The second kappa shape index (κ2) is 13.0. The number of benzene rings is 2. The molecular weight excluding hydrogens is 533 g/mol. The Bertz CT molecular complexity index is 1260. The summed E-state index contributed by atoms with van der Waals surface area (Å²) >= 11 is 12.6. The van der Waals surface area contributed by atoms with Gasteiger partial charge in [0, 0.05) is 56.5 Å². The third-order valence-corrected chi connectivity index (χ3v) is 8.19. The van der Waals surface area contributed by atoms with E-state index in [0.717, 1.165) is 62.9 Å². The zero-order chi connectivity index (χ0) is 27.2. The number of nitrogens with zero attached hydrogens (tertiary/aromatic N) is 4. The van der Waals surface area contributed by atoms with Crippen molar-refractivity contribution < 1.29 is 9.53 Å². The van der Waals surface area contributed by atoms with Crippen LogP contribution in [0.5, 0.6) is 5.75 Å². The summed E-state index contributed by atoms with van der Waals surface area (Å²) in [5.41, 5.74) is 2.72. The first-order valence-corrected chi connectivity index (χ1v) is 14.3. The number of carbonyl (C=O) groups is 1. The van der Waals surface area contributed by atoms with Crippen LogP contribution in [0.4, 0.5) is 5.82 Å². The number of rotatable bonds is 8. The van der Waals surface area contributed by atoms with E-state index in [1.54, 1.807) is 19.4 Å². The predicted molar refractivity (Wildman–Crippen MR) is 157 cm³/mol. The minimum absolute atomic E-state index is 0.209. The van der Waals surface area contributed by atoms with Crippen molar-refractivity contribution >= 4 is 34.9 Å². The third-order valence-electron chi connectivity index (χ3n) is 7.68. The van der Waals surface area contributed by atoms with Crippen molar-refractivity contribution in [1.29, 1.82) is 0 Å². The summed E-state index contributed by atoms with van der Waals surface area (Å²) in [6.07, 6.45) is 3.99. The van der Waals surface area contributed by atoms with Gasteiger partial charge in [0.2, 0.25) is 0 Å². The number of nitrogens with one attached hydrogen (secondary N) is 1. The molecule has 0 aliphatic carbocycles. The second-order valence-corrected chi connectivity index (χ2v) is 11.1. The number of anilines is 1. The molecule has 0 bridgehead atoms. The van der Waals surface area contributed by atoms with Gasteiger partial charge in [-0.2, -0.15) is 0 Å². The van der Waals surface area contributed by atoms with Gasteiger partial charge in [-0.05, 0) is 67.4 Å². The zero-order valence-corrected chi connectivity index (χ0v) is 23.8. The van der Waals surface area contributed by atoms with Crippen molar-refractivity contribution in [2.75, 3.05) is 51.3 Å². The van der Waals surface area contributed by atoms with E-state index in [2.05, 4.69) is 37.1 Å². The van der Waals surface area contributed by atoms with Gasteiger partial charge in [-0.15, -0.1) is 0 Å². The lowest BCUT2D eigenvalue weighted by Crippen LogP contribution is -2.53. The molecule has 2 aliphatic rings. The number of likely N-dealkylation sites (tertiary alicyclic amines) is 1. The number of methoxy groups -OCH3 is 1. The highest BCUT2D eigenvalue weighted by molar-refractivity contribution is 6.33.